The molecule has 1 amide bonds. The smallest absolute Gasteiger partial charge is 0.279 e. The van der Waals surface area contributed by atoms with Gasteiger partial charge in [0.05, 0.1) is 15.9 Å². The third kappa shape index (κ3) is 2.62. The number of hydrogen-bond donors (Lipinski definition) is 2. The lowest BCUT2D eigenvalue weighted by Gasteiger charge is -2.01. The molecule has 2 aromatic rings. The van der Waals surface area contributed by atoms with E-state index in [9.17, 15) is 4.79 Å². The third-order valence-electron chi connectivity index (χ3n) is 2.36. The Morgan fingerprint density at radius 2 is 2.28 bits per heavy atom. The fourth-order valence-corrected chi connectivity index (χ4v) is 2.94. The van der Waals surface area contributed by atoms with Gasteiger partial charge in [0.15, 0.2) is 10.8 Å². The van der Waals surface area contributed by atoms with Crippen LogP contribution in [0.1, 0.15) is 41.6 Å². The highest BCUT2D eigenvalue weighted by Crippen LogP contribution is 2.26. The van der Waals surface area contributed by atoms with E-state index in [-0.39, 0.29) is 11.8 Å². The summed E-state index contributed by atoms with van der Waals surface area (Å²) in [6.07, 6.45) is 0. The molecule has 0 spiro atoms. The van der Waals surface area contributed by atoms with Gasteiger partial charge in [0, 0.05) is 5.38 Å². The molecule has 0 fully saturated rings. The number of aromatic nitrogens is 3. The van der Waals surface area contributed by atoms with Gasteiger partial charge in [0.2, 0.25) is 0 Å². The average molecular weight is 329 g/mol. The van der Waals surface area contributed by atoms with Crippen molar-refractivity contribution in [3.05, 3.63) is 26.9 Å². The lowest BCUT2D eigenvalue weighted by atomic mass is 10.1. The van der Waals surface area contributed by atoms with Crippen LogP contribution in [0.25, 0.3) is 0 Å². The van der Waals surface area contributed by atoms with Crippen molar-refractivity contribution in [3.63, 3.8) is 0 Å². The number of carbonyl (C=O) groups is 1. The van der Waals surface area contributed by atoms with Crippen molar-refractivity contribution >= 4 is 38.3 Å². The number of carbonyl (C=O) groups excluding carboxylic acids is 1. The summed E-state index contributed by atoms with van der Waals surface area (Å²) >= 11 is 4.79. The molecule has 2 rings (SSSR count). The second kappa shape index (κ2) is 5.19. The summed E-state index contributed by atoms with van der Waals surface area (Å²) in [5, 5.41) is 12.1. The normalized spacial score (nSPS) is 10.9. The topological polar surface area (TPSA) is 70.7 Å². The Morgan fingerprint density at radius 1 is 1.56 bits per heavy atom. The first-order valence-corrected chi connectivity index (χ1v) is 7.13. The van der Waals surface area contributed by atoms with Gasteiger partial charge in [-0.25, -0.2) is 4.98 Å². The number of aryl methyl sites for hydroxylation is 1. The van der Waals surface area contributed by atoms with Gasteiger partial charge in [-0.2, -0.15) is 5.10 Å². The van der Waals surface area contributed by atoms with Crippen LogP contribution in [-0.2, 0) is 0 Å². The molecular formula is C11H13BrN4OS. The standard InChI is InChI=1S/C11H13BrN4OS/c1-5(2)8-7(12)9(16-15-8)10(17)14-11-13-6(3)4-18-11/h4-5H,1-3H3,(H,15,16)(H,13,14,17). The van der Waals surface area contributed by atoms with Crippen LogP contribution in [0.4, 0.5) is 5.13 Å². The summed E-state index contributed by atoms with van der Waals surface area (Å²) in [7, 11) is 0. The minimum absolute atomic E-state index is 0.264. The van der Waals surface area contributed by atoms with Crippen LogP contribution in [0.5, 0.6) is 0 Å². The molecule has 5 nitrogen and oxygen atoms in total. The van der Waals surface area contributed by atoms with E-state index in [1.807, 2.05) is 26.2 Å². The molecule has 0 aliphatic rings. The van der Waals surface area contributed by atoms with Crippen LogP contribution < -0.4 is 5.32 Å². The monoisotopic (exact) mass is 328 g/mol. The lowest BCUT2D eigenvalue weighted by Crippen LogP contribution is -2.12. The highest BCUT2D eigenvalue weighted by molar-refractivity contribution is 9.10. The summed E-state index contributed by atoms with van der Waals surface area (Å²) < 4.78 is 0.711. The Balaban J connectivity index is 2.19. The third-order valence-corrected chi connectivity index (χ3v) is 4.04. The van der Waals surface area contributed by atoms with Crippen molar-refractivity contribution in [2.24, 2.45) is 0 Å². The Kier molecular flexibility index (Phi) is 3.82. The molecule has 0 atom stereocenters. The molecule has 0 saturated carbocycles. The van der Waals surface area contributed by atoms with Crippen molar-refractivity contribution in [1.82, 2.24) is 15.2 Å². The molecule has 2 aromatic heterocycles. The van der Waals surface area contributed by atoms with Gasteiger partial charge in [-0.05, 0) is 28.8 Å². The SMILES string of the molecule is Cc1csc(NC(=O)c2n[nH]c(C(C)C)c2Br)n1. The number of halogens is 1. The minimum Gasteiger partial charge on any atom is -0.296 e. The fraction of sp³-hybridized carbons (Fsp3) is 0.364. The summed E-state index contributed by atoms with van der Waals surface area (Å²) in [6.45, 7) is 5.95. The molecule has 0 aliphatic heterocycles. The molecule has 2 N–H and O–H groups in total. The molecule has 7 heteroatoms. The maximum absolute atomic E-state index is 12.0. The zero-order chi connectivity index (χ0) is 13.3. The number of hydrogen-bond acceptors (Lipinski definition) is 4. The number of rotatable bonds is 3. The first kappa shape index (κ1) is 13.2. The van der Waals surface area contributed by atoms with E-state index in [4.69, 9.17) is 0 Å². The first-order chi connectivity index (χ1) is 8.49. The number of amides is 1. The molecule has 2 heterocycles. The van der Waals surface area contributed by atoms with Crippen molar-refractivity contribution in [3.8, 4) is 0 Å². The molecular weight excluding hydrogens is 316 g/mol. The molecule has 0 unspecified atom stereocenters. The van der Waals surface area contributed by atoms with E-state index < -0.39 is 0 Å². The minimum atomic E-state index is -0.264. The van der Waals surface area contributed by atoms with Crippen molar-refractivity contribution in [2.75, 3.05) is 5.32 Å². The van der Waals surface area contributed by atoms with E-state index >= 15 is 0 Å². The molecule has 18 heavy (non-hydrogen) atoms. The fourth-order valence-electron chi connectivity index (χ4n) is 1.44. The van der Waals surface area contributed by atoms with Crippen LogP contribution >= 0.6 is 27.3 Å². The molecule has 96 valence electrons. The van der Waals surface area contributed by atoms with E-state index in [0.717, 1.165) is 11.4 Å². The van der Waals surface area contributed by atoms with Crippen LogP contribution in [0.3, 0.4) is 0 Å². The van der Waals surface area contributed by atoms with Crippen molar-refractivity contribution in [1.29, 1.82) is 0 Å². The van der Waals surface area contributed by atoms with Crippen LogP contribution in [0.2, 0.25) is 0 Å². The molecule has 0 radical (unpaired) electrons. The summed E-state index contributed by atoms with van der Waals surface area (Å²) in [4.78, 5) is 16.2. The zero-order valence-electron chi connectivity index (χ0n) is 10.2. The number of H-pyrrole nitrogens is 1. The second-order valence-corrected chi connectivity index (χ2v) is 5.85. The van der Waals surface area contributed by atoms with Gasteiger partial charge in [-0.15, -0.1) is 11.3 Å². The van der Waals surface area contributed by atoms with E-state index in [0.29, 0.717) is 15.3 Å². The van der Waals surface area contributed by atoms with Gasteiger partial charge >= 0.3 is 0 Å². The van der Waals surface area contributed by atoms with Crippen LogP contribution in [0.15, 0.2) is 9.85 Å². The largest absolute Gasteiger partial charge is 0.296 e. The Labute approximate surface area is 117 Å². The van der Waals surface area contributed by atoms with Crippen LogP contribution in [-0.4, -0.2) is 21.1 Å². The second-order valence-electron chi connectivity index (χ2n) is 4.20. The highest BCUT2D eigenvalue weighted by atomic mass is 79.9. The quantitative estimate of drug-likeness (QED) is 0.907. The molecule has 0 saturated heterocycles. The van der Waals surface area contributed by atoms with E-state index in [1.54, 1.807) is 0 Å². The van der Waals surface area contributed by atoms with E-state index in [2.05, 4.69) is 36.4 Å². The Hall–Kier alpha value is -1.21. The number of nitrogens with one attached hydrogen (secondary N) is 2. The Morgan fingerprint density at radius 3 is 2.78 bits per heavy atom. The lowest BCUT2D eigenvalue weighted by molar-refractivity contribution is 0.102. The molecule has 0 aromatic carbocycles. The van der Waals surface area contributed by atoms with E-state index in [1.165, 1.54) is 11.3 Å². The average Bonchev–Trinajstić information content (AvgIpc) is 2.85. The van der Waals surface area contributed by atoms with Gasteiger partial charge in [-0.3, -0.25) is 15.2 Å². The van der Waals surface area contributed by atoms with Gasteiger partial charge in [0.1, 0.15) is 0 Å². The molecule has 0 bridgehead atoms. The zero-order valence-corrected chi connectivity index (χ0v) is 12.6. The first-order valence-electron chi connectivity index (χ1n) is 5.46. The predicted molar refractivity (Wildman–Crippen MR) is 75.2 cm³/mol. The number of nitrogens with zero attached hydrogens (tertiary/aromatic N) is 2. The predicted octanol–water partition coefficient (Wildman–Crippen LogP) is 3.31. The van der Waals surface area contributed by atoms with Gasteiger partial charge in [-0.1, -0.05) is 13.8 Å². The highest BCUT2D eigenvalue weighted by Gasteiger charge is 2.19. The van der Waals surface area contributed by atoms with Crippen LogP contribution in [0, 0.1) is 6.92 Å². The summed E-state index contributed by atoms with van der Waals surface area (Å²) in [5.41, 5.74) is 2.15. The van der Waals surface area contributed by atoms with Gasteiger partial charge in [0.25, 0.3) is 5.91 Å². The maximum Gasteiger partial charge on any atom is 0.279 e. The summed E-state index contributed by atoms with van der Waals surface area (Å²) in [6, 6.07) is 0. The molecule has 0 aliphatic carbocycles. The van der Waals surface area contributed by atoms with Gasteiger partial charge < -0.3 is 0 Å². The number of anilines is 1. The Bertz CT molecular complexity index is 575. The van der Waals surface area contributed by atoms with Crippen molar-refractivity contribution in [2.45, 2.75) is 26.7 Å². The number of aromatic amines is 1. The maximum atomic E-state index is 12.0. The van der Waals surface area contributed by atoms with Crippen molar-refractivity contribution < 1.29 is 4.79 Å². The number of thiazole rings is 1. The summed E-state index contributed by atoms with van der Waals surface area (Å²) in [5.74, 6) is 0.00917.